The van der Waals surface area contributed by atoms with E-state index in [1.54, 1.807) is 0 Å². The summed E-state index contributed by atoms with van der Waals surface area (Å²) in [6, 6.07) is 10.1. The fourth-order valence-electron chi connectivity index (χ4n) is 5.01. The molecule has 0 aliphatic carbocycles. The average Bonchev–Trinajstić information content (AvgIpc) is 3.62. The molecule has 2 aliphatic heterocycles. The van der Waals surface area contributed by atoms with Crippen molar-refractivity contribution >= 4 is 34.4 Å². The number of ketones is 1. The number of aryl methyl sites for hydroxylation is 1. The predicted octanol–water partition coefficient (Wildman–Crippen LogP) is 4.54. The van der Waals surface area contributed by atoms with Crippen molar-refractivity contribution in [2.75, 3.05) is 30.3 Å². The maximum Gasteiger partial charge on any atom is 0.228 e. The van der Waals surface area contributed by atoms with Gasteiger partial charge in [0.15, 0.2) is 10.9 Å². The number of hydrogen-bond donors (Lipinski definition) is 0. The summed E-state index contributed by atoms with van der Waals surface area (Å²) in [5, 5.41) is 19.8. The molecule has 2 saturated heterocycles. The third-order valence-corrected chi connectivity index (χ3v) is 8.03. The van der Waals surface area contributed by atoms with Gasteiger partial charge in [0.05, 0.1) is 30.9 Å². The summed E-state index contributed by atoms with van der Waals surface area (Å²) < 4.78 is 10.1. The molecular weight excluding hydrogens is 460 g/mol. The predicted molar refractivity (Wildman–Crippen MR) is 137 cm³/mol. The number of anilines is 1. The van der Waals surface area contributed by atoms with Gasteiger partial charge in [0.2, 0.25) is 5.95 Å². The minimum Gasteiger partial charge on any atom is -0.376 e. The SMILES string of the molecule is CC1CCN(c2nnc(SCC(=O)c3cn(CCC#N)c4ccccc34)n2CC2CCCO2)CC1. The molecule has 184 valence electrons. The van der Waals surface area contributed by atoms with Gasteiger partial charge in [0, 0.05) is 48.9 Å². The molecule has 2 aliphatic rings. The van der Waals surface area contributed by atoms with Crippen molar-refractivity contribution in [2.24, 2.45) is 5.92 Å². The number of para-hydroxylation sites is 1. The zero-order chi connectivity index (χ0) is 24.2. The van der Waals surface area contributed by atoms with Crippen molar-refractivity contribution in [3.63, 3.8) is 0 Å². The second kappa shape index (κ2) is 10.8. The summed E-state index contributed by atoms with van der Waals surface area (Å²) in [4.78, 5) is 15.7. The molecule has 0 amide bonds. The second-order valence-corrected chi connectivity index (χ2v) is 10.5. The van der Waals surface area contributed by atoms with Crippen LogP contribution in [0.25, 0.3) is 10.9 Å². The van der Waals surface area contributed by atoms with Crippen LogP contribution in [0.1, 0.15) is 49.4 Å². The monoisotopic (exact) mass is 492 g/mol. The molecule has 2 aromatic heterocycles. The van der Waals surface area contributed by atoms with E-state index in [-0.39, 0.29) is 17.6 Å². The minimum absolute atomic E-state index is 0.0573. The lowest BCUT2D eigenvalue weighted by atomic mass is 10.00. The van der Waals surface area contributed by atoms with Crippen LogP contribution in [0.4, 0.5) is 5.95 Å². The minimum atomic E-state index is 0.0573. The Hall–Kier alpha value is -2.83. The van der Waals surface area contributed by atoms with Crippen LogP contribution in [-0.2, 0) is 17.8 Å². The van der Waals surface area contributed by atoms with Gasteiger partial charge in [-0.1, -0.05) is 36.9 Å². The number of ether oxygens (including phenoxy) is 1. The molecule has 1 unspecified atom stereocenters. The molecule has 8 nitrogen and oxygen atoms in total. The standard InChI is InChI=1S/C26H32N6O2S/c1-19-9-13-30(14-10-19)25-28-29-26(32(25)16-20-6-4-15-34-20)35-18-24(33)22-17-31(12-5-11-27)23-8-3-2-7-21(22)23/h2-3,7-8,17,19-20H,4-6,9-10,12-16,18H2,1H3. The first-order valence-corrected chi connectivity index (χ1v) is 13.5. The highest BCUT2D eigenvalue weighted by Gasteiger charge is 2.26. The van der Waals surface area contributed by atoms with Gasteiger partial charge in [-0.25, -0.2) is 0 Å². The van der Waals surface area contributed by atoms with E-state index in [1.807, 2.05) is 35.0 Å². The lowest BCUT2D eigenvalue weighted by molar-refractivity contribution is 0.0951. The number of nitrogens with zero attached hydrogens (tertiary/aromatic N) is 6. The van der Waals surface area contributed by atoms with E-state index in [1.165, 1.54) is 11.8 Å². The van der Waals surface area contributed by atoms with E-state index in [0.717, 1.165) is 79.9 Å². The van der Waals surface area contributed by atoms with Gasteiger partial charge in [-0.15, -0.1) is 10.2 Å². The topological polar surface area (TPSA) is 89.0 Å². The number of fused-ring (bicyclic) bond motifs is 1. The summed E-state index contributed by atoms with van der Waals surface area (Å²) in [7, 11) is 0. The normalized spacial score (nSPS) is 18.9. The number of nitriles is 1. The molecule has 1 atom stereocenters. The molecule has 4 heterocycles. The van der Waals surface area contributed by atoms with Crippen LogP contribution in [0.2, 0.25) is 0 Å². The zero-order valence-corrected chi connectivity index (χ0v) is 21.0. The summed E-state index contributed by atoms with van der Waals surface area (Å²) >= 11 is 1.45. The quantitative estimate of drug-likeness (QED) is 0.320. The average molecular weight is 493 g/mol. The number of rotatable bonds is 9. The Morgan fingerprint density at radius 3 is 2.83 bits per heavy atom. The summed E-state index contributed by atoms with van der Waals surface area (Å²) in [6.07, 6.45) is 6.91. The van der Waals surface area contributed by atoms with Crippen molar-refractivity contribution in [2.45, 2.75) is 63.4 Å². The maximum absolute atomic E-state index is 13.3. The molecule has 0 radical (unpaired) electrons. The Morgan fingerprint density at radius 2 is 2.06 bits per heavy atom. The van der Waals surface area contributed by atoms with E-state index in [9.17, 15) is 4.79 Å². The first kappa shape index (κ1) is 23.9. The van der Waals surface area contributed by atoms with Gasteiger partial charge in [-0.05, 0) is 37.7 Å². The highest BCUT2D eigenvalue weighted by Crippen LogP contribution is 2.29. The van der Waals surface area contributed by atoms with Crippen molar-refractivity contribution < 1.29 is 9.53 Å². The van der Waals surface area contributed by atoms with E-state index in [4.69, 9.17) is 10.00 Å². The third kappa shape index (κ3) is 5.24. The van der Waals surface area contributed by atoms with Crippen LogP contribution in [0.5, 0.6) is 0 Å². The number of hydrogen-bond acceptors (Lipinski definition) is 7. The number of aromatic nitrogens is 4. The summed E-state index contributed by atoms with van der Waals surface area (Å²) in [5.74, 6) is 1.98. The van der Waals surface area contributed by atoms with Crippen LogP contribution in [0.3, 0.4) is 0 Å². The Balaban J connectivity index is 1.35. The molecule has 3 aromatic rings. The first-order valence-electron chi connectivity index (χ1n) is 12.5. The van der Waals surface area contributed by atoms with Crippen molar-refractivity contribution in [1.29, 1.82) is 5.26 Å². The smallest absolute Gasteiger partial charge is 0.228 e. The second-order valence-electron chi connectivity index (χ2n) is 9.57. The number of carbonyl (C=O) groups excluding carboxylic acids is 1. The van der Waals surface area contributed by atoms with Crippen molar-refractivity contribution in [1.82, 2.24) is 19.3 Å². The molecule has 0 saturated carbocycles. The van der Waals surface area contributed by atoms with Crippen LogP contribution in [0.15, 0.2) is 35.6 Å². The lowest BCUT2D eigenvalue weighted by Gasteiger charge is -2.31. The van der Waals surface area contributed by atoms with Crippen LogP contribution >= 0.6 is 11.8 Å². The number of Topliss-reactive ketones (excluding diaryl/α,β-unsaturated/α-hetero) is 1. The molecule has 0 N–H and O–H groups in total. The van der Waals surface area contributed by atoms with Crippen molar-refractivity contribution in [3.05, 3.63) is 36.0 Å². The van der Waals surface area contributed by atoms with Gasteiger partial charge >= 0.3 is 0 Å². The molecule has 0 bridgehead atoms. The molecule has 9 heteroatoms. The zero-order valence-electron chi connectivity index (χ0n) is 20.2. The number of thioether (sulfide) groups is 1. The first-order chi connectivity index (χ1) is 17.1. The highest BCUT2D eigenvalue weighted by molar-refractivity contribution is 7.99. The lowest BCUT2D eigenvalue weighted by Crippen LogP contribution is -2.35. The fourth-order valence-corrected chi connectivity index (χ4v) is 5.84. The molecule has 2 fully saturated rings. The van der Waals surface area contributed by atoms with E-state index < -0.39 is 0 Å². The van der Waals surface area contributed by atoms with Crippen molar-refractivity contribution in [3.8, 4) is 6.07 Å². The molecule has 35 heavy (non-hydrogen) atoms. The largest absolute Gasteiger partial charge is 0.376 e. The van der Waals surface area contributed by atoms with Gasteiger partial charge < -0.3 is 14.2 Å². The van der Waals surface area contributed by atoms with Crippen LogP contribution in [0, 0.1) is 17.2 Å². The number of piperidine rings is 1. The van der Waals surface area contributed by atoms with Crippen LogP contribution < -0.4 is 4.90 Å². The molecule has 0 spiro atoms. The van der Waals surface area contributed by atoms with E-state index in [2.05, 4.69) is 32.7 Å². The Morgan fingerprint density at radius 1 is 1.23 bits per heavy atom. The highest BCUT2D eigenvalue weighted by atomic mass is 32.2. The number of benzene rings is 1. The van der Waals surface area contributed by atoms with Crippen LogP contribution in [-0.4, -0.2) is 56.7 Å². The van der Waals surface area contributed by atoms with Gasteiger partial charge in [-0.2, -0.15) is 5.26 Å². The van der Waals surface area contributed by atoms with Gasteiger partial charge in [0.1, 0.15) is 0 Å². The summed E-state index contributed by atoms with van der Waals surface area (Å²) in [6.45, 7) is 6.37. The summed E-state index contributed by atoms with van der Waals surface area (Å²) in [5.41, 5.74) is 1.68. The third-order valence-electron chi connectivity index (χ3n) is 7.06. The number of carbonyl (C=O) groups is 1. The Labute approximate surface area is 210 Å². The van der Waals surface area contributed by atoms with Gasteiger partial charge in [0.25, 0.3) is 0 Å². The fraction of sp³-hybridized carbons (Fsp3) is 0.538. The Kier molecular flexibility index (Phi) is 7.40. The van der Waals surface area contributed by atoms with E-state index in [0.29, 0.717) is 18.5 Å². The van der Waals surface area contributed by atoms with E-state index >= 15 is 0 Å². The molecular formula is C26H32N6O2S. The Bertz CT molecular complexity index is 1210. The maximum atomic E-state index is 13.3. The van der Waals surface area contributed by atoms with Gasteiger partial charge in [-0.3, -0.25) is 9.36 Å². The molecule has 5 rings (SSSR count). The molecule has 1 aromatic carbocycles.